The molecule has 8 heteroatoms. The molecule has 0 saturated carbocycles. The van der Waals surface area contributed by atoms with Crippen molar-refractivity contribution < 1.29 is 23.8 Å². The molecule has 138 valence electrons. The molecule has 7 nitrogen and oxygen atoms in total. The Morgan fingerprint density at radius 3 is 2.35 bits per heavy atom. The minimum Gasteiger partial charge on any atom is -0.497 e. The molecule has 0 bridgehead atoms. The number of ketones is 1. The van der Waals surface area contributed by atoms with Gasteiger partial charge in [-0.3, -0.25) is 9.59 Å². The third kappa shape index (κ3) is 5.45. The summed E-state index contributed by atoms with van der Waals surface area (Å²) in [6.07, 6.45) is 0. The zero-order valence-corrected chi connectivity index (χ0v) is 15.9. The Balaban J connectivity index is 1.89. The van der Waals surface area contributed by atoms with Gasteiger partial charge in [-0.25, -0.2) is 9.97 Å². The number of carbonyl (C=O) groups excluding carboxylic acids is 2. The lowest BCUT2D eigenvalue weighted by atomic mass is 10.1. The number of hydrogen-bond donors (Lipinski definition) is 0. The van der Waals surface area contributed by atoms with E-state index in [-0.39, 0.29) is 18.1 Å². The number of nitrogens with zero attached hydrogens (tertiary/aromatic N) is 2. The lowest BCUT2D eigenvalue weighted by molar-refractivity contribution is -0.139. The standard InChI is InChI=1S/C18H20N2O5S/c1-11-7-12(2)20-18(19-11)26-10-17(22)25-9-15(21)14-6-5-13(23-3)8-16(14)24-4/h5-8H,9-10H2,1-4H3. The number of esters is 1. The zero-order valence-electron chi connectivity index (χ0n) is 15.1. The number of aromatic nitrogens is 2. The monoisotopic (exact) mass is 376 g/mol. The summed E-state index contributed by atoms with van der Waals surface area (Å²) < 4.78 is 15.3. The molecule has 1 aromatic heterocycles. The lowest BCUT2D eigenvalue weighted by Crippen LogP contribution is -2.16. The number of carbonyl (C=O) groups is 2. The van der Waals surface area contributed by atoms with Crippen LogP contribution in [0.2, 0.25) is 0 Å². The van der Waals surface area contributed by atoms with Crippen LogP contribution in [-0.2, 0) is 9.53 Å². The van der Waals surface area contributed by atoms with E-state index >= 15 is 0 Å². The molecule has 0 N–H and O–H groups in total. The van der Waals surface area contributed by atoms with Crippen LogP contribution in [0.1, 0.15) is 21.7 Å². The lowest BCUT2D eigenvalue weighted by Gasteiger charge is -2.10. The van der Waals surface area contributed by atoms with Gasteiger partial charge < -0.3 is 14.2 Å². The summed E-state index contributed by atoms with van der Waals surface area (Å²) >= 11 is 1.17. The van der Waals surface area contributed by atoms with Gasteiger partial charge in [0.2, 0.25) is 5.78 Å². The SMILES string of the molecule is COc1ccc(C(=O)COC(=O)CSc2nc(C)cc(C)n2)c(OC)c1. The van der Waals surface area contributed by atoms with Gasteiger partial charge in [-0.2, -0.15) is 0 Å². The minimum absolute atomic E-state index is 0.0237. The Kier molecular flexibility index (Phi) is 6.97. The first-order chi connectivity index (χ1) is 12.4. The van der Waals surface area contributed by atoms with E-state index in [1.165, 1.54) is 26.0 Å². The van der Waals surface area contributed by atoms with Crippen LogP contribution in [0.25, 0.3) is 0 Å². The number of thioether (sulfide) groups is 1. The topological polar surface area (TPSA) is 87.6 Å². The summed E-state index contributed by atoms with van der Waals surface area (Å²) in [6, 6.07) is 6.67. The minimum atomic E-state index is -0.515. The molecule has 0 unspecified atom stereocenters. The maximum Gasteiger partial charge on any atom is 0.316 e. The van der Waals surface area contributed by atoms with Crippen LogP contribution in [0, 0.1) is 13.8 Å². The first-order valence-electron chi connectivity index (χ1n) is 7.79. The van der Waals surface area contributed by atoms with E-state index in [0.29, 0.717) is 22.2 Å². The first-order valence-corrected chi connectivity index (χ1v) is 8.77. The second kappa shape index (κ2) is 9.19. The van der Waals surface area contributed by atoms with Gasteiger partial charge in [0.05, 0.1) is 25.5 Å². The van der Waals surface area contributed by atoms with Gasteiger partial charge in [0.1, 0.15) is 11.5 Å². The molecule has 0 aliphatic heterocycles. The van der Waals surface area contributed by atoms with E-state index in [1.807, 2.05) is 19.9 Å². The van der Waals surface area contributed by atoms with Gasteiger partial charge in [0, 0.05) is 17.5 Å². The number of Topliss-reactive ketones (excluding diaryl/α,β-unsaturated/α-hetero) is 1. The summed E-state index contributed by atoms with van der Waals surface area (Å²) in [7, 11) is 2.98. The third-order valence-corrected chi connectivity index (χ3v) is 4.18. The quantitative estimate of drug-likeness (QED) is 0.301. The van der Waals surface area contributed by atoms with E-state index in [2.05, 4.69) is 9.97 Å². The normalized spacial score (nSPS) is 10.3. The fourth-order valence-electron chi connectivity index (χ4n) is 2.18. The van der Waals surface area contributed by atoms with Crippen LogP contribution >= 0.6 is 11.8 Å². The number of benzene rings is 1. The van der Waals surface area contributed by atoms with Crippen molar-refractivity contribution in [3.05, 3.63) is 41.2 Å². The second-order valence-electron chi connectivity index (χ2n) is 5.37. The molecular formula is C18H20N2O5S. The fourth-order valence-corrected chi connectivity index (χ4v) is 2.92. The predicted molar refractivity (Wildman–Crippen MR) is 97.1 cm³/mol. The molecule has 26 heavy (non-hydrogen) atoms. The molecule has 0 atom stereocenters. The molecule has 2 aromatic rings. The van der Waals surface area contributed by atoms with Gasteiger partial charge in [0.25, 0.3) is 0 Å². The van der Waals surface area contributed by atoms with Crippen molar-refractivity contribution >= 4 is 23.5 Å². The third-order valence-electron chi connectivity index (χ3n) is 3.35. The highest BCUT2D eigenvalue weighted by atomic mass is 32.2. The van der Waals surface area contributed by atoms with Crippen LogP contribution in [0.5, 0.6) is 11.5 Å². The average Bonchev–Trinajstić information content (AvgIpc) is 2.63. The Morgan fingerprint density at radius 1 is 1.04 bits per heavy atom. The maximum absolute atomic E-state index is 12.3. The highest BCUT2D eigenvalue weighted by Crippen LogP contribution is 2.25. The summed E-state index contributed by atoms with van der Waals surface area (Å²) in [5, 5.41) is 0.502. The van der Waals surface area contributed by atoms with Crippen LogP contribution < -0.4 is 9.47 Å². The molecule has 0 spiro atoms. The largest absolute Gasteiger partial charge is 0.497 e. The average molecular weight is 376 g/mol. The maximum atomic E-state index is 12.3. The van der Waals surface area contributed by atoms with Crippen molar-refractivity contribution in [3.8, 4) is 11.5 Å². The zero-order chi connectivity index (χ0) is 19.1. The molecule has 2 rings (SSSR count). The van der Waals surface area contributed by atoms with E-state index < -0.39 is 5.97 Å². The number of hydrogen-bond acceptors (Lipinski definition) is 8. The molecule has 0 aliphatic carbocycles. The summed E-state index contributed by atoms with van der Waals surface area (Å²) in [6.45, 7) is 3.35. The van der Waals surface area contributed by atoms with E-state index in [4.69, 9.17) is 14.2 Å². The van der Waals surface area contributed by atoms with Crippen molar-refractivity contribution in [3.63, 3.8) is 0 Å². The van der Waals surface area contributed by atoms with Crippen molar-refractivity contribution in [1.29, 1.82) is 0 Å². The Hall–Kier alpha value is -2.61. The Morgan fingerprint density at radius 2 is 1.73 bits per heavy atom. The van der Waals surface area contributed by atoms with Gasteiger partial charge in [-0.05, 0) is 32.0 Å². The molecule has 0 saturated heterocycles. The van der Waals surface area contributed by atoms with Crippen LogP contribution in [0.4, 0.5) is 0 Å². The van der Waals surface area contributed by atoms with Gasteiger partial charge in [0.15, 0.2) is 11.8 Å². The molecular weight excluding hydrogens is 356 g/mol. The van der Waals surface area contributed by atoms with E-state index in [9.17, 15) is 9.59 Å². The molecule has 0 amide bonds. The van der Waals surface area contributed by atoms with Gasteiger partial charge in [-0.15, -0.1) is 0 Å². The summed E-state index contributed by atoms with van der Waals surface area (Å²) in [5.41, 5.74) is 1.98. The number of rotatable bonds is 8. The summed E-state index contributed by atoms with van der Waals surface area (Å²) in [4.78, 5) is 32.6. The highest BCUT2D eigenvalue weighted by Gasteiger charge is 2.16. The van der Waals surface area contributed by atoms with Crippen LogP contribution in [0.3, 0.4) is 0 Å². The number of aryl methyl sites for hydroxylation is 2. The second-order valence-corrected chi connectivity index (χ2v) is 6.31. The van der Waals surface area contributed by atoms with E-state index in [1.54, 1.807) is 18.2 Å². The summed E-state index contributed by atoms with van der Waals surface area (Å²) in [5.74, 6) is 0.0865. The Bertz CT molecular complexity index is 790. The number of ether oxygens (including phenoxy) is 3. The van der Waals surface area contributed by atoms with Crippen molar-refractivity contribution in [2.45, 2.75) is 19.0 Å². The van der Waals surface area contributed by atoms with Crippen LogP contribution in [-0.4, -0.2) is 48.3 Å². The molecule has 1 heterocycles. The fraction of sp³-hybridized carbons (Fsp3) is 0.333. The van der Waals surface area contributed by atoms with Crippen LogP contribution in [0.15, 0.2) is 29.4 Å². The van der Waals surface area contributed by atoms with Gasteiger partial charge >= 0.3 is 5.97 Å². The molecule has 0 fully saturated rings. The number of methoxy groups -OCH3 is 2. The van der Waals surface area contributed by atoms with Crippen molar-refractivity contribution in [2.24, 2.45) is 0 Å². The smallest absolute Gasteiger partial charge is 0.316 e. The highest BCUT2D eigenvalue weighted by molar-refractivity contribution is 7.99. The van der Waals surface area contributed by atoms with Crippen molar-refractivity contribution in [1.82, 2.24) is 9.97 Å². The van der Waals surface area contributed by atoms with E-state index in [0.717, 1.165) is 11.4 Å². The Labute approximate surface area is 156 Å². The first kappa shape index (κ1) is 19.7. The van der Waals surface area contributed by atoms with Crippen molar-refractivity contribution in [2.75, 3.05) is 26.6 Å². The molecule has 1 aromatic carbocycles. The predicted octanol–water partition coefficient (Wildman–Crippen LogP) is 2.63. The van der Waals surface area contributed by atoms with Gasteiger partial charge in [-0.1, -0.05) is 11.8 Å². The molecule has 0 aliphatic rings. The molecule has 0 radical (unpaired) electrons.